The van der Waals surface area contributed by atoms with E-state index in [2.05, 4.69) is 13.8 Å². The Morgan fingerprint density at radius 2 is 2.17 bits per heavy atom. The van der Waals surface area contributed by atoms with Crippen LogP contribution in [0.3, 0.4) is 0 Å². The Hall–Kier alpha value is -0.830. The molecule has 0 aromatic carbocycles. The molecule has 3 nitrogen and oxygen atoms in total. The van der Waals surface area contributed by atoms with Crippen LogP contribution < -0.4 is 0 Å². The molecular formula is C9H17NO2. The van der Waals surface area contributed by atoms with E-state index < -0.39 is 0 Å². The molecule has 0 saturated heterocycles. The fourth-order valence-electron chi connectivity index (χ4n) is 0.636. The van der Waals surface area contributed by atoms with Gasteiger partial charge in [0.25, 0.3) is 5.91 Å². The third kappa shape index (κ3) is 4.91. The molecule has 0 aliphatic carbocycles. The molecule has 0 fully saturated rings. The number of hydrogen-bond donors (Lipinski definition) is 0. The first kappa shape index (κ1) is 11.2. The summed E-state index contributed by atoms with van der Waals surface area (Å²) in [6.07, 6.45) is 4.31. The molecule has 0 aromatic heterocycles. The fraction of sp³-hybridized carbons (Fsp3) is 0.667. The molecule has 0 atom stereocenters. The number of likely N-dealkylation sites (N-methyl/N-ethyl adjacent to an activating group) is 1. The number of rotatable bonds is 4. The third-order valence-corrected chi connectivity index (χ3v) is 1.45. The van der Waals surface area contributed by atoms with Gasteiger partial charge < -0.3 is 0 Å². The van der Waals surface area contributed by atoms with E-state index in [9.17, 15) is 4.79 Å². The zero-order valence-corrected chi connectivity index (χ0v) is 8.20. The summed E-state index contributed by atoms with van der Waals surface area (Å²) in [5.41, 5.74) is 0. The highest BCUT2D eigenvalue weighted by atomic mass is 16.7. The van der Waals surface area contributed by atoms with Crippen LogP contribution in [0.1, 0.15) is 20.3 Å². The number of nitrogens with zero attached hydrogens (tertiary/aromatic N) is 1. The van der Waals surface area contributed by atoms with Gasteiger partial charge in [-0.2, -0.15) is 0 Å². The molecule has 0 radical (unpaired) electrons. The molecule has 0 rings (SSSR count). The average molecular weight is 171 g/mol. The molecule has 0 aliphatic heterocycles. The lowest BCUT2D eigenvalue weighted by atomic mass is 10.1. The van der Waals surface area contributed by atoms with Gasteiger partial charge in [-0.25, -0.2) is 5.06 Å². The van der Waals surface area contributed by atoms with Crippen molar-refractivity contribution in [2.45, 2.75) is 20.3 Å². The molecule has 0 N–H and O–H groups in total. The Bertz CT molecular complexity index is 164. The minimum atomic E-state index is -0.127. The molecule has 12 heavy (non-hydrogen) atoms. The molecule has 0 saturated carbocycles. The normalized spacial score (nSPS) is 11.1. The summed E-state index contributed by atoms with van der Waals surface area (Å²) >= 11 is 0. The zero-order valence-electron chi connectivity index (χ0n) is 8.20. The molecule has 3 heteroatoms. The lowest BCUT2D eigenvalue weighted by Crippen LogP contribution is -2.23. The van der Waals surface area contributed by atoms with E-state index in [0.717, 1.165) is 6.42 Å². The summed E-state index contributed by atoms with van der Waals surface area (Å²) in [5, 5.41) is 1.19. The summed E-state index contributed by atoms with van der Waals surface area (Å²) in [4.78, 5) is 15.8. The zero-order chi connectivity index (χ0) is 9.56. The van der Waals surface area contributed by atoms with Crippen LogP contribution in [0, 0.1) is 5.92 Å². The van der Waals surface area contributed by atoms with Crippen molar-refractivity contribution in [2.75, 3.05) is 14.2 Å². The smallest absolute Gasteiger partial charge is 0.269 e. The van der Waals surface area contributed by atoms with Crippen molar-refractivity contribution in [3.8, 4) is 0 Å². The SMILES string of the molecule is CON(C)C(=O)/C=C/CC(C)C. The largest absolute Gasteiger partial charge is 0.274 e. The highest BCUT2D eigenvalue weighted by Gasteiger charge is 2.01. The third-order valence-electron chi connectivity index (χ3n) is 1.45. The maximum Gasteiger partial charge on any atom is 0.269 e. The first-order chi connectivity index (χ1) is 5.57. The average Bonchev–Trinajstić information content (AvgIpc) is 2.02. The van der Waals surface area contributed by atoms with Crippen LogP contribution in [0.15, 0.2) is 12.2 Å². The summed E-state index contributed by atoms with van der Waals surface area (Å²) < 4.78 is 0. The fourth-order valence-corrected chi connectivity index (χ4v) is 0.636. The van der Waals surface area contributed by atoms with Crippen LogP contribution in [-0.2, 0) is 9.63 Å². The van der Waals surface area contributed by atoms with Gasteiger partial charge in [-0.15, -0.1) is 0 Å². The summed E-state index contributed by atoms with van der Waals surface area (Å²) in [6, 6.07) is 0. The summed E-state index contributed by atoms with van der Waals surface area (Å²) in [6.45, 7) is 4.21. The Morgan fingerprint density at radius 1 is 1.58 bits per heavy atom. The van der Waals surface area contributed by atoms with E-state index in [0.29, 0.717) is 5.92 Å². The maximum atomic E-state index is 11.1. The molecular weight excluding hydrogens is 154 g/mol. The highest BCUT2D eigenvalue weighted by Crippen LogP contribution is 2.00. The van der Waals surface area contributed by atoms with Gasteiger partial charge in [0.1, 0.15) is 0 Å². The number of hydrogen-bond acceptors (Lipinski definition) is 2. The van der Waals surface area contributed by atoms with E-state index >= 15 is 0 Å². The van der Waals surface area contributed by atoms with Crippen molar-refractivity contribution in [3.05, 3.63) is 12.2 Å². The number of carbonyl (C=O) groups excluding carboxylic acids is 1. The van der Waals surface area contributed by atoms with Gasteiger partial charge in [-0.3, -0.25) is 9.63 Å². The van der Waals surface area contributed by atoms with Crippen LogP contribution in [0.5, 0.6) is 0 Å². The van der Waals surface area contributed by atoms with Crippen LogP contribution in [-0.4, -0.2) is 25.1 Å². The van der Waals surface area contributed by atoms with Crippen molar-refractivity contribution in [3.63, 3.8) is 0 Å². The standard InChI is InChI=1S/C9H17NO2/c1-8(2)6-5-7-9(11)10(3)12-4/h5,7-8H,6H2,1-4H3/b7-5+. The topological polar surface area (TPSA) is 29.5 Å². The van der Waals surface area contributed by atoms with Gasteiger partial charge in [-0.05, 0) is 12.3 Å². The Morgan fingerprint density at radius 3 is 2.58 bits per heavy atom. The predicted octanol–water partition coefficient (Wildman–Crippen LogP) is 1.61. The van der Waals surface area contributed by atoms with Crippen molar-refractivity contribution in [1.29, 1.82) is 0 Å². The minimum absolute atomic E-state index is 0.127. The molecule has 0 bridgehead atoms. The number of allylic oxidation sites excluding steroid dienone is 1. The minimum Gasteiger partial charge on any atom is -0.274 e. The summed E-state index contributed by atoms with van der Waals surface area (Å²) in [7, 11) is 3.05. The van der Waals surface area contributed by atoms with E-state index in [1.165, 1.54) is 18.2 Å². The monoisotopic (exact) mass is 171 g/mol. The first-order valence-corrected chi connectivity index (χ1v) is 4.06. The van der Waals surface area contributed by atoms with Gasteiger partial charge >= 0.3 is 0 Å². The molecule has 0 unspecified atom stereocenters. The lowest BCUT2D eigenvalue weighted by Gasteiger charge is -2.10. The lowest BCUT2D eigenvalue weighted by molar-refractivity contribution is -0.162. The van der Waals surface area contributed by atoms with Gasteiger partial charge in [0.2, 0.25) is 0 Å². The van der Waals surface area contributed by atoms with E-state index in [4.69, 9.17) is 4.84 Å². The molecule has 70 valence electrons. The van der Waals surface area contributed by atoms with Crippen molar-refractivity contribution < 1.29 is 9.63 Å². The van der Waals surface area contributed by atoms with E-state index in [1.54, 1.807) is 7.05 Å². The maximum absolute atomic E-state index is 11.1. The van der Waals surface area contributed by atoms with Gasteiger partial charge in [0.05, 0.1) is 7.11 Å². The number of amides is 1. The second kappa shape index (κ2) is 5.77. The van der Waals surface area contributed by atoms with Crippen molar-refractivity contribution >= 4 is 5.91 Å². The van der Waals surface area contributed by atoms with Crippen molar-refractivity contribution in [2.24, 2.45) is 5.92 Å². The molecule has 1 amide bonds. The van der Waals surface area contributed by atoms with Gasteiger partial charge in [0, 0.05) is 13.1 Å². The predicted molar refractivity (Wildman–Crippen MR) is 48.4 cm³/mol. The summed E-state index contributed by atoms with van der Waals surface area (Å²) in [5.74, 6) is 0.458. The van der Waals surface area contributed by atoms with Gasteiger partial charge in [0.15, 0.2) is 0 Å². The molecule has 0 aromatic rings. The molecule has 0 aliphatic rings. The van der Waals surface area contributed by atoms with Crippen molar-refractivity contribution in [1.82, 2.24) is 5.06 Å². The van der Waals surface area contributed by atoms with E-state index in [-0.39, 0.29) is 5.91 Å². The second-order valence-corrected chi connectivity index (χ2v) is 3.05. The Balaban J connectivity index is 3.75. The Labute approximate surface area is 74.0 Å². The molecule has 0 heterocycles. The van der Waals surface area contributed by atoms with Crippen LogP contribution in [0.4, 0.5) is 0 Å². The number of carbonyl (C=O) groups is 1. The first-order valence-electron chi connectivity index (χ1n) is 4.06. The molecule has 0 spiro atoms. The van der Waals surface area contributed by atoms with Crippen LogP contribution in [0.25, 0.3) is 0 Å². The quantitative estimate of drug-likeness (QED) is 0.475. The van der Waals surface area contributed by atoms with Crippen LogP contribution >= 0.6 is 0 Å². The number of hydroxylamine groups is 2. The van der Waals surface area contributed by atoms with Crippen LogP contribution in [0.2, 0.25) is 0 Å². The van der Waals surface area contributed by atoms with E-state index in [1.807, 2.05) is 6.08 Å². The Kier molecular flexibility index (Phi) is 5.37. The second-order valence-electron chi connectivity index (χ2n) is 3.05. The highest BCUT2D eigenvalue weighted by molar-refractivity contribution is 5.86. The van der Waals surface area contributed by atoms with Gasteiger partial charge in [-0.1, -0.05) is 19.9 Å².